The number of carbonyl (C=O) groups is 1. The predicted octanol–water partition coefficient (Wildman–Crippen LogP) is 4.06. The number of benzene rings is 1. The number of thiophene rings is 1. The van der Waals surface area contributed by atoms with Crippen molar-refractivity contribution in [1.29, 1.82) is 0 Å². The highest BCUT2D eigenvalue weighted by Gasteiger charge is 2.33. The summed E-state index contributed by atoms with van der Waals surface area (Å²) in [4.78, 5) is 19.7. The van der Waals surface area contributed by atoms with E-state index in [2.05, 4.69) is 47.5 Å². The maximum absolute atomic E-state index is 13.9. The molecule has 1 aromatic carbocycles. The zero-order valence-electron chi connectivity index (χ0n) is 18.4. The predicted molar refractivity (Wildman–Crippen MR) is 122 cm³/mol. The molecule has 0 saturated carbocycles. The number of carbonyl (C=O) groups excluding carboxylic acids is 1. The minimum atomic E-state index is -0.260. The highest BCUT2D eigenvalue weighted by atomic mass is 32.1. The zero-order valence-corrected chi connectivity index (χ0v) is 19.2. The lowest BCUT2D eigenvalue weighted by molar-refractivity contribution is -0.138. The van der Waals surface area contributed by atoms with Crippen LogP contribution in [-0.2, 0) is 27.2 Å². The normalized spacial score (nSPS) is 15.0. The van der Waals surface area contributed by atoms with Gasteiger partial charge in [0.25, 0.3) is 0 Å². The molecule has 1 aromatic heterocycles. The van der Waals surface area contributed by atoms with Crippen molar-refractivity contribution in [3.8, 4) is 0 Å². The minimum absolute atomic E-state index is 0.185. The van der Waals surface area contributed by atoms with Crippen LogP contribution >= 0.6 is 11.3 Å². The molecule has 6 heteroatoms. The van der Waals surface area contributed by atoms with Gasteiger partial charge in [-0.25, -0.2) is 0 Å². The van der Waals surface area contributed by atoms with Crippen molar-refractivity contribution in [3.63, 3.8) is 0 Å². The molecule has 1 amide bonds. The van der Waals surface area contributed by atoms with Crippen LogP contribution in [0.2, 0.25) is 0 Å². The Bertz CT molecular complexity index is 780. The summed E-state index contributed by atoms with van der Waals surface area (Å²) in [5.74, 6) is 0.185. The average Bonchev–Trinajstić information content (AvgIpc) is 3.22. The van der Waals surface area contributed by atoms with Crippen molar-refractivity contribution in [3.05, 3.63) is 57.3 Å². The summed E-state index contributed by atoms with van der Waals surface area (Å²) >= 11 is 1.83. The first kappa shape index (κ1) is 22.9. The van der Waals surface area contributed by atoms with E-state index in [9.17, 15) is 4.79 Å². The Balaban J connectivity index is 1.84. The first-order valence-electron chi connectivity index (χ1n) is 10.8. The van der Waals surface area contributed by atoms with Crippen LogP contribution in [0.3, 0.4) is 0 Å². The van der Waals surface area contributed by atoms with Crippen LogP contribution in [-0.4, -0.2) is 62.8 Å². The van der Waals surface area contributed by atoms with Gasteiger partial charge in [0.15, 0.2) is 0 Å². The molecule has 1 unspecified atom stereocenters. The van der Waals surface area contributed by atoms with E-state index in [0.29, 0.717) is 26.3 Å². The minimum Gasteiger partial charge on any atom is -0.385 e. The van der Waals surface area contributed by atoms with Crippen LogP contribution in [0.25, 0.3) is 0 Å². The van der Waals surface area contributed by atoms with Gasteiger partial charge in [-0.2, -0.15) is 0 Å². The molecule has 0 radical (unpaired) electrons. The molecule has 2 heterocycles. The zero-order chi connectivity index (χ0) is 21.3. The Labute approximate surface area is 184 Å². The van der Waals surface area contributed by atoms with Gasteiger partial charge in [0, 0.05) is 58.5 Å². The van der Waals surface area contributed by atoms with Gasteiger partial charge in [0.05, 0.1) is 0 Å². The van der Waals surface area contributed by atoms with E-state index in [1.54, 1.807) is 14.2 Å². The molecule has 5 nitrogen and oxygen atoms in total. The number of aryl methyl sites for hydroxylation is 1. The summed E-state index contributed by atoms with van der Waals surface area (Å²) < 4.78 is 10.5. The molecule has 2 aromatic rings. The standard InChI is InChI=1S/C24H34N2O3S/c1-19-6-8-20(9-7-19)23(26-14-10-22-21(18-26)11-17-30-22)24(27)25(12-4-15-28-2)13-5-16-29-3/h6-9,11,17,23H,4-5,10,12-16,18H2,1-3H3. The van der Waals surface area contributed by atoms with Crippen molar-refractivity contribution in [2.24, 2.45) is 0 Å². The van der Waals surface area contributed by atoms with Crippen LogP contribution in [0.15, 0.2) is 35.7 Å². The second kappa shape index (κ2) is 11.6. The number of nitrogens with zero attached hydrogens (tertiary/aromatic N) is 2. The number of hydrogen-bond acceptors (Lipinski definition) is 5. The average molecular weight is 431 g/mol. The number of rotatable bonds is 11. The molecule has 1 aliphatic heterocycles. The topological polar surface area (TPSA) is 42.0 Å². The van der Waals surface area contributed by atoms with E-state index in [4.69, 9.17) is 9.47 Å². The van der Waals surface area contributed by atoms with Crippen molar-refractivity contribution in [2.45, 2.75) is 38.8 Å². The van der Waals surface area contributed by atoms with Gasteiger partial charge in [-0.05, 0) is 48.8 Å². The molecular formula is C24H34N2O3S. The van der Waals surface area contributed by atoms with Crippen LogP contribution in [0.1, 0.15) is 40.5 Å². The lowest BCUT2D eigenvalue weighted by Crippen LogP contribution is -2.45. The lowest BCUT2D eigenvalue weighted by Gasteiger charge is -2.37. The van der Waals surface area contributed by atoms with Gasteiger partial charge in [0.2, 0.25) is 5.91 Å². The van der Waals surface area contributed by atoms with Crippen LogP contribution < -0.4 is 0 Å². The third kappa shape index (κ3) is 5.91. The molecule has 30 heavy (non-hydrogen) atoms. The third-order valence-electron chi connectivity index (χ3n) is 5.69. The summed E-state index contributed by atoms with van der Waals surface area (Å²) in [6, 6.07) is 10.4. The highest BCUT2D eigenvalue weighted by molar-refractivity contribution is 7.10. The monoisotopic (exact) mass is 430 g/mol. The van der Waals surface area contributed by atoms with E-state index in [0.717, 1.165) is 37.9 Å². The fourth-order valence-corrected chi connectivity index (χ4v) is 4.94. The Hall–Kier alpha value is -1.73. The maximum atomic E-state index is 13.9. The SMILES string of the molecule is COCCCN(CCCOC)C(=O)C(c1ccc(C)cc1)N1CCc2sccc2C1. The number of fused-ring (bicyclic) bond motifs is 1. The number of amides is 1. The quantitative estimate of drug-likeness (QED) is 0.504. The van der Waals surface area contributed by atoms with Crippen LogP contribution in [0, 0.1) is 6.92 Å². The Morgan fingerprint density at radius 3 is 2.40 bits per heavy atom. The van der Waals surface area contributed by atoms with E-state index in [1.807, 2.05) is 16.2 Å². The van der Waals surface area contributed by atoms with Crippen molar-refractivity contribution < 1.29 is 14.3 Å². The number of methoxy groups -OCH3 is 2. The second-order valence-electron chi connectivity index (χ2n) is 7.92. The molecular weight excluding hydrogens is 396 g/mol. The van der Waals surface area contributed by atoms with Crippen molar-refractivity contribution in [1.82, 2.24) is 9.80 Å². The molecule has 164 valence electrons. The third-order valence-corrected chi connectivity index (χ3v) is 6.72. The molecule has 0 spiro atoms. The van der Waals surface area contributed by atoms with E-state index in [1.165, 1.54) is 16.0 Å². The van der Waals surface area contributed by atoms with E-state index >= 15 is 0 Å². The molecule has 0 fully saturated rings. The lowest BCUT2D eigenvalue weighted by atomic mass is 9.98. The smallest absolute Gasteiger partial charge is 0.244 e. The summed E-state index contributed by atoms with van der Waals surface area (Å²) in [6.45, 7) is 6.54. The summed E-state index contributed by atoms with van der Waals surface area (Å²) in [6.07, 6.45) is 2.69. The number of ether oxygens (including phenoxy) is 2. The Kier molecular flexibility index (Phi) is 8.88. The van der Waals surface area contributed by atoms with Gasteiger partial charge in [0.1, 0.15) is 6.04 Å². The summed E-state index contributed by atoms with van der Waals surface area (Å²) in [5, 5.41) is 2.17. The molecule has 0 saturated heterocycles. The molecule has 0 aliphatic carbocycles. The molecule has 3 rings (SSSR count). The van der Waals surface area contributed by atoms with Gasteiger partial charge >= 0.3 is 0 Å². The fourth-order valence-electron chi connectivity index (χ4n) is 4.05. The van der Waals surface area contributed by atoms with Gasteiger partial charge in [-0.3, -0.25) is 9.69 Å². The molecule has 1 atom stereocenters. The summed E-state index contributed by atoms with van der Waals surface area (Å²) in [7, 11) is 3.41. The van der Waals surface area contributed by atoms with Gasteiger partial charge in [-0.15, -0.1) is 11.3 Å². The van der Waals surface area contributed by atoms with Crippen molar-refractivity contribution in [2.75, 3.05) is 47.1 Å². The maximum Gasteiger partial charge on any atom is 0.244 e. The van der Waals surface area contributed by atoms with Gasteiger partial charge < -0.3 is 14.4 Å². The molecule has 1 aliphatic rings. The Morgan fingerprint density at radius 2 is 1.77 bits per heavy atom. The second-order valence-corrected chi connectivity index (χ2v) is 8.92. The molecule has 0 N–H and O–H groups in total. The molecule has 0 bridgehead atoms. The van der Waals surface area contributed by atoms with E-state index in [-0.39, 0.29) is 11.9 Å². The fraction of sp³-hybridized carbons (Fsp3) is 0.542. The summed E-state index contributed by atoms with van der Waals surface area (Å²) in [5.41, 5.74) is 3.65. The van der Waals surface area contributed by atoms with E-state index < -0.39 is 0 Å². The van der Waals surface area contributed by atoms with Gasteiger partial charge in [-0.1, -0.05) is 29.8 Å². The van der Waals surface area contributed by atoms with Crippen LogP contribution in [0.5, 0.6) is 0 Å². The Morgan fingerprint density at radius 1 is 1.10 bits per heavy atom. The van der Waals surface area contributed by atoms with Crippen LogP contribution in [0.4, 0.5) is 0 Å². The number of hydrogen-bond donors (Lipinski definition) is 0. The largest absolute Gasteiger partial charge is 0.385 e. The van der Waals surface area contributed by atoms with Crippen molar-refractivity contribution >= 4 is 17.2 Å². The highest BCUT2D eigenvalue weighted by Crippen LogP contribution is 2.32. The first-order valence-corrected chi connectivity index (χ1v) is 11.6. The first-order chi connectivity index (χ1) is 14.6.